The summed E-state index contributed by atoms with van der Waals surface area (Å²) >= 11 is 5.97. The number of nitrogens with zero attached hydrogens (tertiary/aromatic N) is 3. The zero-order chi connectivity index (χ0) is 22.9. The maximum absolute atomic E-state index is 12.8. The highest BCUT2D eigenvalue weighted by Crippen LogP contribution is 2.24. The van der Waals surface area contributed by atoms with E-state index in [1.807, 2.05) is 5.01 Å². The van der Waals surface area contributed by atoms with Gasteiger partial charge in [-0.3, -0.25) is 14.6 Å². The van der Waals surface area contributed by atoms with Crippen molar-refractivity contribution in [2.24, 2.45) is 0 Å². The number of aliphatic hydroxyl groups excluding tert-OH is 1. The molecule has 2 heterocycles. The van der Waals surface area contributed by atoms with E-state index in [1.165, 1.54) is 17.0 Å². The average Bonchev–Trinajstić information content (AvgIpc) is 2.78. The fraction of sp³-hybridized carbons (Fsp3) is 0.455. The van der Waals surface area contributed by atoms with Crippen molar-refractivity contribution in [3.8, 4) is 0 Å². The van der Waals surface area contributed by atoms with E-state index >= 15 is 0 Å². The molecule has 1 atom stereocenters. The topological polar surface area (TPSA) is 98.2 Å². The number of hydrazine groups is 1. The summed E-state index contributed by atoms with van der Waals surface area (Å²) in [6, 6.07) is 9.78. The summed E-state index contributed by atoms with van der Waals surface area (Å²) in [5, 5.41) is 16.2. The summed E-state index contributed by atoms with van der Waals surface area (Å²) in [6.45, 7) is 2.30. The molecule has 2 aliphatic rings. The van der Waals surface area contributed by atoms with Gasteiger partial charge in [-0.1, -0.05) is 23.7 Å². The predicted molar refractivity (Wildman–Crippen MR) is 121 cm³/mol. The van der Waals surface area contributed by atoms with E-state index in [2.05, 4.69) is 0 Å². The summed E-state index contributed by atoms with van der Waals surface area (Å²) in [7, 11) is -3.87. The smallest absolute Gasteiger partial charge is 0.252 e. The van der Waals surface area contributed by atoms with Crippen LogP contribution in [-0.4, -0.2) is 84.8 Å². The average molecular weight is 480 g/mol. The van der Waals surface area contributed by atoms with Gasteiger partial charge in [0.05, 0.1) is 10.6 Å². The first-order chi connectivity index (χ1) is 15.2. The lowest BCUT2D eigenvalue weighted by molar-refractivity contribution is -0.159. The number of carbonyl (C=O) groups is 2. The van der Waals surface area contributed by atoms with Gasteiger partial charge in [0, 0.05) is 44.2 Å². The van der Waals surface area contributed by atoms with Crippen molar-refractivity contribution < 1.29 is 23.1 Å². The first-order valence-corrected chi connectivity index (χ1v) is 12.7. The van der Waals surface area contributed by atoms with E-state index in [9.17, 15) is 23.1 Å². The molecule has 2 aromatic rings. The van der Waals surface area contributed by atoms with Crippen molar-refractivity contribution in [2.75, 3.05) is 38.5 Å². The first kappa shape index (κ1) is 23.0. The number of carbonyl (C=O) groups excluding carboxylic acids is 2. The zero-order valence-electron chi connectivity index (χ0n) is 17.6. The van der Waals surface area contributed by atoms with Gasteiger partial charge in [-0.15, -0.1) is 0 Å². The number of benzene rings is 2. The Morgan fingerprint density at radius 1 is 1.00 bits per heavy atom. The Kier molecular flexibility index (Phi) is 6.71. The van der Waals surface area contributed by atoms with Crippen LogP contribution in [0.4, 0.5) is 0 Å². The van der Waals surface area contributed by atoms with Gasteiger partial charge in [-0.25, -0.2) is 13.4 Å². The third kappa shape index (κ3) is 4.91. The van der Waals surface area contributed by atoms with Crippen LogP contribution in [0.5, 0.6) is 0 Å². The number of fused-ring (bicyclic) bond motifs is 1. The van der Waals surface area contributed by atoms with Crippen LogP contribution in [0.1, 0.15) is 19.3 Å². The quantitative estimate of drug-likeness (QED) is 0.701. The van der Waals surface area contributed by atoms with Gasteiger partial charge < -0.3 is 10.0 Å². The highest BCUT2D eigenvalue weighted by molar-refractivity contribution is 7.91. The minimum atomic E-state index is -3.87. The van der Waals surface area contributed by atoms with Crippen LogP contribution < -0.4 is 0 Å². The third-order valence-corrected chi connectivity index (χ3v) is 7.96. The standard InChI is InChI=1S/C22H26ClN3O5S/c23-18-6-4-17-14-19(7-5-16(17)13-18)32(30,31)15-20(27)22(29)24-9-11-25(12-10-24)26-8-2-1-3-21(26)28/h4-7,13-14,20,27H,1-3,8-12,15H2/t20-/m1/s1. The number of aliphatic hydroxyl groups is 1. The summed E-state index contributed by atoms with van der Waals surface area (Å²) in [6.07, 6.45) is 0.754. The lowest BCUT2D eigenvalue weighted by Crippen LogP contribution is -2.58. The van der Waals surface area contributed by atoms with Crippen LogP contribution in [0.2, 0.25) is 5.02 Å². The molecule has 1 N–H and O–H groups in total. The second kappa shape index (κ2) is 9.35. The van der Waals surface area contributed by atoms with Crippen molar-refractivity contribution in [3.05, 3.63) is 41.4 Å². The number of halogens is 1. The van der Waals surface area contributed by atoms with E-state index in [0.717, 1.165) is 18.2 Å². The number of hydrogen-bond acceptors (Lipinski definition) is 6. The van der Waals surface area contributed by atoms with Gasteiger partial charge in [-0.2, -0.15) is 0 Å². The molecule has 2 amide bonds. The predicted octanol–water partition coefficient (Wildman–Crippen LogP) is 1.70. The van der Waals surface area contributed by atoms with Crippen molar-refractivity contribution in [2.45, 2.75) is 30.3 Å². The molecule has 0 bridgehead atoms. The molecule has 0 saturated carbocycles. The molecule has 0 aromatic heterocycles. The summed E-state index contributed by atoms with van der Waals surface area (Å²) in [4.78, 5) is 26.3. The molecule has 2 aromatic carbocycles. The maximum atomic E-state index is 12.8. The Balaban J connectivity index is 1.38. The molecule has 2 saturated heterocycles. The minimum absolute atomic E-state index is 0.0487. The molecule has 10 heteroatoms. The molecule has 0 unspecified atom stereocenters. The summed E-state index contributed by atoms with van der Waals surface area (Å²) in [5.41, 5.74) is 0. The Bertz CT molecular complexity index is 1130. The second-order valence-corrected chi connectivity index (χ2v) is 10.7. The summed E-state index contributed by atoms with van der Waals surface area (Å²) < 4.78 is 25.7. The fourth-order valence-corrected chi connectivity index (χ4v) is 5.74. The lowest BCUT2D eigenvalue weighted by atomic mass is 10.1. The third-order valence-electron chi connectivity index (χ3n) is 6.00. The molecule has 0 aliphatic carbocycles. The van der Waals surface area contributed by atoms with Crippen molar-refractivity contribution in [3.63, 3.8) is 0 Å². The largest absolute Gasteiger partial charge is 0.382 e. The van der Waals surface area contributed by atoms with Crippen LogP contribution in [-0.2, 0) is 19.4 Å². The number of hydrogen-bond donors (Lipinski definition) is 1. The van der Waals surface area contributed by atoms with E-state index in [1.54, 1.807) is 29.3 Å². The van der Waals surface area contributed by atoms with E-state index in [-0.39, 0.29) is 10.8 Å². The van der Waals surface area contributed by atoms with Gasteiger partial charge in [0.25, 0.3) is 5.91 Å². The molecule has 4 rings (SSSR count). The van der Waals surface area contributed by atoms with Gasteiger partial charge in [0.15, 0.2) is 9.84 Å². The monoisotopic (exact) mass is 479 g/mol. The molecule has 8 nitrogen and oxygen atoms in total. The summed E-state index contributed by atoms with van der Waals surface area (Å²) in [5.74, 6) is -1.19. The van der Waals surface area contributed by atoms with Crippen LogP contribution in [0.15, 0.2) is 41.3 Å². The lowest BCUT2D eigenvalue weighted by Gasteiger charge is -2.42. The van der Waals surface area contributed by atoms with E-state index < -0.39 is 27.6 Å². The number of rotatable bonds is 5. The van der Waals surface area contributed by atoms with Crippen LogP contribution in [0, 0.1) is 0 Å². The Labute approximate surface area is 192 Å². The molecular formula is C22H26ClN3O5S. The number of sulfone groups is 1. The Hall–Kier alpha value is -2.20. The van der Waals surface area contributed by atoms with Crippen LogP contribution in [0.25, 0.3) is 10.8 Å². The number of piperidine rings is 1. The van der Waals surface area contributed by atoms with E-state index in [0.29, 0.717) is 49.6 Å². The van der Waals surface area contributed by atoms with Gasteiger partial charge in [0.2, 0.25) is 5.91 Å². The second-order valence-electron chi connectivity index (χ2n) is 8.20. The fourth-order valence-electron chi connectivity index (χ4n) is 4.22. The number of amides is 2. The first-order valence-electron chi connectivity index (χ1n) is 10.7. The molecule has 32 heavy (non-hydrogen) atoms. The normalized spacial score (nSPS) is 19.4. The maximum Gasteiger partial charge on any atom is 0.252 e. The Morgan fingerprint density at radius 2 is 1.69 bits per heavy atom. The van der Waals surface area contributed by atoms with Crippen molar-refractivity contribution in [1.82, 2.24) is 14.9 Å². The highest BCUT2D eigenvalue weighted by atomic mass is 35.5. The van der Waals surface area contributed by atoms with Gasteiger partial charge in [0.1, 0.15) is 6.10 Å². The van der Waals surface area contributed by atoms with Crippen LogP contribution >= 0.6 is 11.6 Å². The molecule has 2 fully saturated rings. The number of piperazine rings is 1. The molecule has 172 valence electrons. The molecule has 2 aliphatic heterocycles. The highest BCUT2D eigenvalue weighted by Gasteiger charge is 2.33. The molecule has 0 spiro atoms. The van der Waals surface area contributed by atoms with Crippen molar-refractivity contribution >= 4 is 44.0 Å². The van der Waals surface area contributed by atoms with Gasteiger partial charge in [-0.05, 0) is 47.9 Å². The van der Waals surface area contributed by atoms with Crippen LogP contribution in [0.3, 0.4) is 0 Å². The van der Waals surface area contributed by atoms with Gasteiger partial charge >= 0.3 is 0 Å². The Morgan fingerprint density at radius 3 is 2.41 bits per heavy atom. The molecular weight excluding hydrogens is 454 g/mol. The SMILES string of the molecule is O=C([C@H](O)CS(=O)(=O)c1ccc2cc(Cl)ccc2c1)N1CCN(N2CCCCC2=O)CC1. The van der Waals surface area contributed by atoms with Crippen molar-refractivity contribution in [1.29, 1.82) is 0 Å². The minimum Gasteiger partial charge on any atom is -0.382 e. The van der Waals surface area contributed by atoms with E-state index in [4.69, 9.17) is 11.6 Å². The zero-order valence-corrected chi connectivity index (χ0v) is 19.2. The molecule has 0 radical (unpaired) electrons.